The van der Waals surface area contributed by atoms with E-state index in [4.69, 9.17) is 4.74 Å². The number of aliphatic hydroxyl groups is 2. The molecule has 0 aliphatic heterocycles. The fourth-order valence-electron chi connectivity index (χ4n) is 7.11. The van der Waals surface area contributed by atoms with Crippen LogP contribution in [0.1, 0.15) is 213 Å². The van der Waals surface area contributed by atoms with E-state index in [1.54, 1.807) is 6.08 Å². The Morgan fingerprint density at radius 1 is 0.508 bits per heavy atom. The molecule has 358 valence electrons. The van der Waals surface area contributed by atoms with Gasteiger partial charge in [0.2, 0.25) is 5.91 Å². The Morgan fingerprint density at radius 3 is 1.46 bits per heavy atom. The second-order valence-corrected chi connectivity index (χ2v) is 16.9. The highest BCUT2D eigenvalue weighted by Gasteiger charge is 2.23. The molecular formula is C57H95NO5. The number of aliphatic hydroxyl groups excluding tert-OH is 2. The van der Waals surface area contributed by atoms with Crippen molar-refractivity contribution in [3.05, 3.63) is 109 Å². The molecule has 3 N–H and O–H groups in total. The smallest absolute Gasteiger partial charge is 0.306 e. The Hall–Kier alpha value is -3.48. The van der Waals surface area contributed by atoms with Crippen molar-refractivity contribution >= 4 is 11.9 Å². The molecule has 6 nitrogen and oxygen atoms in total. The zero-order valence-corrected chi connectivity index (χ0v) is 40.7. The minimum atomic E-state index is -0.833. The van der Waals surface area contributed by atoms with Crippen LogP contribution in [-0.4, -0.2) is 46.9 Å². The maximum absolute atomic E-state index is 13.2. The first kappa shape index (κ1) is 59.5. The summed E-state index contributed by atoms with van der Waals surface area (Å²) in [4.78, 5) is 26.0. The Labute approximate surface area is 388 Å². The van der Waals surface area contributed by atoms with Crippen LogP contribution in [0.3, 0.4) is 0 Å². The van der Waals surface area contributed by atoms with E-state index in [1.807, 2.05) is 42.5 Å². The first-order valence-corrected chi connectivity index (χ1v) is 25.7. The molecular weight excluding hydrogens is 779 g/mol. The summed E-state index contributed by atoms with van der Waals surface area (Å²) in [6.07, 6.45) is 67.5. The van der Waals surface area contributed by atoms with E-state index in [0.717, 1.165) is 77.0 Å². The lowest BCUT2D eigenvalue weighted by atomic mass is 10.0. The summed E-state index contributed by atoms with van der Waals surface area (Å²) >= 11 is 0. The Balaban J connectivity index is 4.73. The number of carbonyl (C=O) groups is 2. The molecule has 0 aliphatic rings. The zero-order chi connectivity index (χ0) is 45.9. The highest BCUT2D eigenvalue weighted by Crippen LogP contribution is 2.16. The topological polar surface area (TPSA) is 95.9 Å². The van der Waals surface area contributed by atoms with E-state index in [2.05, 4.69) is 86.8 Å². The van der Waals surface area contributed by atoms with Crippen LogP contribution in [-0.2, 0) is 14.3 Å². The van der Waals surface area contributed by atoms with Gasteiger partial charge in [0.05, 0.1) is 25.2 Å². The van der Waals surface area contributed by atoms with Gasteiger partial charge < -0.3 is 20.3 Å². The fraction of sp³-hybridized carbons (Fsp3) is 0.649. The summed E-state index contributed by atoms with van der Waals surface area (Å²) in [5.74, 6) is -0.684. The molecule has 0 heterocycles. The molecule has 0 fully saturated rings. The third kappa shape index (κ3) is 44.9. The molecule has 0 aliphatic carbocycles. The van der Waals surface area contributed by atoms with Gasteiger partial charge in [-0.25, -0.2) is 0 Å². The van der Waals surface area contributed by atoms with Gasteiger partial charge in [0, 0.05) is 6.42 Å². The number of esters is 1. The molecule has 1 amide bonds. The molecule has 0 aromatic rings. The molecule has 3 atom stereocenters. The van der Waals surface area contributed by atoms with Crippen molar-refractivity contribution in [2.45, 2.75) is 232 Å². The van der Waals surface area contributed by atoms with E-state index in [1.165, 1.54) is 89.9 Å². The van der Waals surface area contributed by atoms with Gasteiger partial charge >= 0.3 is 5.97 Å². The molecule has 0 radical (unpaired) electrons. The van der Waals surface area contributed by atoms with Gasteiger partial charge in [-0.05, 0) is 70.3 Å². The maximum atomic E-state index is 13.2. The summed E-state index contributed by atoms with van der Waals surface area (Å²) in [7, 11) is 0. The van der Waals surface area contributed by atoms with Gasteiger partial charge in [0.25, 0.3) is 0 Å². The number of nitrogens with one attached hydrogen (secondary N) is 1. The SMILES string of the molecule is CC/C=C/C=C/C=C\C=C/CCCCCC(=O)OC(/C=C/C/C=C/C/C=C/C/C=C/C/C=C/CC)CC(=O)NC(CO)C(O)CCCCCCCCCCCCCCCCCCC. The summed E-state index contributed by atoms with van der Waals surface area (Å²) in [5.41, 5.74) is 0. The molecule has 0 aromatic carbocycles. The minimum Gasteiger partial charge on any atom is -0.458 e. The summed E-state index contributed by atoms with van der Waals surface area (Å²) in [5, 5.41) is 23.7. The summed E-state index contributed by atoms with van der Waals surface area (Å²) in [6, 6.07) is -0.757. The van der Waals surface area contributed by atoms with Crippen LogP contribution < -0.4 is 5.32 Å². The van der Waals surface area contributed by atoms with Gasteiger partial charge in [-0.15, -0.1) is 0 Å². The number of unbranched alkanes of at least 4 members (excludes halogenated alkanes) is 19. The van der Waals surface area contributed by atoms with Crippen molar-refractivity contribution in [1.82, 2.24) is 5.32 Å². The number of hydrogen-bond acceptors (Lipinski definition) is 5. The van der Waals surface area contributed by atoms with Crippen LogP contribution in [0.25, 0.3) is 0 Å². The van der Waals surface area contributed by atoms with Gasteiger partial charge in [0.15, 0.2) is 0 Å². The second kappa shape index (κ2) is 49.5. The average Bonchev–Trinajstić information content (AvgIpc) is 3.28. The molecule has 0 saturated carbocycles. The Kier molecular flexibility index (Phi) is 46.8. The van der Waals surface area contributed by atoms with Crippen molar-refractivity contribution in [3.8, 4) is 0 Å². The first-order chi connectivity index (χ1) is 31.0. The molecule has 3 unspecified atom stereocenters. The van der Waals surface area contributed by atoms with Crippen LogP contribution in [0, 0.1) is 0 Å². The molecule has 63 heavy (non-hydrogen) atoms. The number of amides is 1. The summed E-state index contributed by atoms with van der Waals surface area (Å²) < 4.78 is 5.79. The van der Waals surface area contributed by atoms with E-state index in [-0.39, 0.29) is 24.9 Å². The van der Waals surface area contributed by atoms with Crippen molar-refractivity contribution in [3.63, 3.8) is 0 Å². The van der Waals surface area contributed by atoms with Gasteiger partial charge in [-0.3, -0.25) is 9.59 Å². The van der Waals surface area contributed by atoms with E-state index in [9.17, 15) is 19.8 Å². The van der Waals surface area contributed by atoms with Crippen molar-refractivity contribution < 1.29 is 24.5 Å². The lowest BCUT2D eigenvalue weighted by Crippen LogP contribution is -2.46. The van der Waals surface area contributed by atoms with E-state index in [0.29, 0.717) is 19.3 Å². The maximum Gasteiger partial charge on any atom is 0.306 e. The highest BCUT2D eigenvalue weighted by atomic mass is 16.5. The monoisotopic (exact) mass is 874 g/mol. The normalized spacial score (nSPS) is 14.2. The van der Waals surface area contributed by atoms with Crippen molar-refractivity contribution in [1.29, 1.82) is 0 Å². The number of ether oxygens (including phenoxy) is 1. The van der Waals surface area contributed by atoms with Gasteiger partial charge in [0.1, 0.15) is 6.10 Å². The van der Waals surface area contributed by atoms with Crippen LogP contribution in [0.4, 0.5) is 0 Å². The lowest BCUT2D eigenvalue weighted by molar-refractivity contribution is -0.148. The van der Waals surface area contributed by atoms with Gasteiger partial charge in [-0.2, -0.15) is 0 Å². The van der Waals surface area contributed by atoms with E-state index >= 15 is 0 Å². The number of hydrogen-bond donors (Lipinski definition) is 3. The largest absolute Gasteiger partial charge is 0.458 e. The molecule has 0 rings (SSSR count). The predicted molar refractivity (Wildman–Crippen MR) is 273 cm³/mol. The Morgan fingerprint density at radius 2 is 0.952 bits per heavy atom. The minimum absolute atomic E-state index is 0.0683. The van der Waals surface area contributed by atoms with Crippen LogP contribution in [0.5, 0.6) is 0 Å². The highest BCUT2D eigenvalue weighted by molar-refractivity contribution is 5.78. The third-order valence-electron chi connectivity index (χ3n) is 10.9. The number of rotatable bonds is 44. The quantitative estimate of drug-likeness (QED) is 0.0245. The molecule has 0 aromatic heterocycles. The number of carbonyl (C=O) groups excluding carboxylic acids is 2. The fourth-order valence-corrected chi connectivity index (χ4v) is 7.11. The molecule has 0 bridgehead atoms. The summed E-state index contributed by atoms with van der Waals surface area (Å²) in [6.45, 7) is 6.18. The lowest BCUT2D eigenvalue weighted by Gasteiger charge is -2.23. The average molecular weight is 874 g/mol. The van der Waals surface area contributed by atoms with Gasteiger partial charge in [-0.1, -0.05) is 240 Å². The number of allylic oxidation sites excluding steroid dienone is 17. The molecule has 0 saturated heterocycles. The van der Waals surface area contributed by atoms with Crippen molar-refractivity contribution in [2.24, 2.45) is 0 Å². The molecule has 0 spiro atoms. The Bertz CT molecular complexity index is 1300. The predicted octanol–water partition coefficient (Wildman–Crippen LogP) is 15.5. The first-order valence-electron chi connectivity index (χ1n) is 25.7. The second-order valence-electron chi connectivity index (χ2n) is 16.9. The third-order valence-corrected chi connectivity index (χ3v) is 10.9. The molecule has 6 heteroatoms. The zero-order valence-electron chi connectivity index (χ0n) is 40.7. The standard InChI is InChI=1S/C57H95NO5/c1-4-7-10-13-16-19-22-25-27-28-29-32-34-37-40-43-46-49-55(60)54(52-59)58-56(61)51-53(48-45-42-39-36-33-31-26-23-20-17-14-11-8-5-2)63-57(62)50-47-44-41-38-35-30-24-21-18-15-12-9-6-3/h8-9,11-12,15,17-18,20-21,24,26,30-31,35-36,39,45,48,53-55,59-60H,4-7,10,13-14,16,19,22-23,25,27-29,32-34,37-38,40-44,46-47,49-52H2,1-3H3,(H,58,61)/b11-8+,12-9+,18-15+,20-17+,24-21-,31-26+,35-30-,39-36+,48-45+. The van der Waals surface area contributed by atoms with Crippen LogP contribution >= 0.6 is 0 Å². The van der Waals surface area contributed by atoms with Crippen LogP contribution in [0.15, 0.2) is 109 Å². The van der Waals surface area contributed by atoms with Crippen LogP contribution in [0.2, 0.25) is 0 Å². The van der Waals surface area contributed by atoms with E-state index < -0.39 is 18.2 Å². The van der Waals surface area contributed by atoms with Crippen molar-refractivity contribution in [2.75, 3.05) is 6.61 Å².